The fourth-order valence-corrected chi connectivity index (χ4v) is 1.77. The molecule has 0 aromatic heterocycles. The molecule has 2 nitrogen and oxygen atoms in total. The highest BCUT2D eigenvalue weighted by molar-refractivity contribution is 5.49. The van der Waals surface area contributed by atoms with E-state index in [2.05, 4.69) is 32.9 Å². The summed E-state index contributed by atoms with van der Waals surface area (Å²) in [7, 11) is 3.42. The normalized spacial score (nSPS) is 10.5. The molecule has 0 spiro atoms. The van der Waals surface area contributed by atoms with Crippen molar-refractivity contribution in [1.82, 2.24) is 0 Å². The average Bonchev–Trinajstić information content (AvgIpc) is 2.26. The summed E-state index contributed by atoms with van der Waals surface area (Å²) >= 11 is 0. The summed E-state index contributed by atoms with van der Waals surface area (Å²) < 4.78 is 10.8. The summed E-state index contributed by atoms with van der Waals surface area (Å²) in [5.74, 6) is 2.27. The molecule has 0 atom stereocenters. The molecular weight excluding hydrogens is 188 g/mol. The van der Waals surface area contributed by atoms with E-state index in [9.17, 15) is 0 Å². The van der Waals surface area contributed by atoms with Crippen molar-refractivity contribution in [2.45, 2.75) is 33.1 Å². The quantitative estimate of drug-likeness (QED) is 0.755. The Morgan fingerprint density at radius 2 is 1.53 bits per heavy atom. The molecule has 0 saturated heterocycles. The topological polar surface area (TPSA) is 18.5 Å². The van der Waals surface area contributed by atoms with Crippen LogP contribution in [0.2, 0.25) is 0 Å². The Morgan fingerprint density at radius 3 is 1.80 bits per heavy atom. The molecule has 0 N–H and O–H groups in total. The van der Waals surface area contributed by atoms with Gasteiger partial charge in [0.1, 0.15) is 11.5 Å². The van der Waals surface area contributed by atoms with Gasteiger partial charge in [0, 0.05) is 5.56 Å². The Morgan fingerprint density at radius 1 is 1.07 bits per heavy atom. The minimum absolute atomic E-state index is 0.404. The van der Waals surface area contributed by atoms with E-state index in [4.69, 9.17) is 9.47 Å². The van der Waals surface area contributed by atoms with Gasteiger partial charge in [0.05, 0.1) is 14.2 Å². The molecule has 0 amide bonds. The number of benzene rings is 1. The number of methoxy groups -OCH3 is 2. The van der Waals surface area contributed by atoms with E-state index in [0.717, 1.165) is 23.5 Å². The first-order chi connectivity index (χ1) is 7.13. The number of hydrogen-bond acceptors (Lipinski definition) is 2. The minimum Gasteiger partial charge on any atom is -0.496 e. The van der Waals surface area contributed by atoms with E-state index in [1.54, 1.807) is 14.2 Å². The van der Waals surface area contributed by atoms with Crippen LogP contribution in [0.15, 0.2) is 12.1 Å². The van der Waals surface area contributed by atoms with Gasteiger partial charge in [0.25, 0.3) is 0 Å². The van der Waals surface area contributed by atoms with Crippen LogP contribution >= 0.6 is 0 Å². The van der Waals surface area contributed by atoms with Crippen LogP contribution in [0.4, 0.5) is 0 Å². The van der Waals surface area contributed by atoms with Crippen molar-refractivity contribution in [3.63, 3.8) is 0 Å². The van der Waals surface area contributed by atoms with Crippen LogP contribution in [0, 0.1) is 0 Å². The van der Waals surface area contributed by atoms with Crippen LogP contribution in [0.1, 0.15) is 37.8 Å². The van der Waals surface area contributed by atoms with Crippen molar-refractivity contribution in [2.24, 2.45) is 0 Å². The Hall–Kier alpha value is -1.18. The molecule has 0 aliphatic heterocycles. The molecule has 0 radical (unpaired) electrons. The second kappa shape index (κ2) is 5.06. The smallest absolute Gasteiger partial charge is 0.126 e. The predicted molar refractivity (Wildman–Crippen MR) is 63.0 cm³/mol. The Balaban J connectivity index is 3.32. The second-order valence-electron chi connectivity index (χ2n) is 3.92. The molecule has 1 aromatic carbocycles. The lowest BCUT2D eigenvalue weighted by Gasteiger charge is -2.17. The van der Waals surface area contributed by atoms with E-state index in [0.29, 0.717) is 5.92 Å². The summed E-state index contributed by atoms with van der Waals surface area (Å²) in [6.07, 6.45) is 0.991. The average molecular weight is 208 g/mol. The first-order valence-electron chi connectivity index (χ1n) is 5.38. The molecule has 0 aliphatic rings. The van der Waals surface area contributed by atoms with Crippen molar-refractivity contribution in [2.75, 3.05) is 14.2 Å². The van der Waals surface area contributed by atoms with E-state index in [1.807, 2.05) is 0 Å². The van der Waals surface area contributed by atoms with Gasteiger partial charge in [-0.1, -0.05) is 20.8 Å². The molecule has 84 valence electrons. The highest BCUT2D eigenvalue weighted by Gasteiger charge is 2.14. The van der Waals surface area contributed by atoms with Gasteiger partial charge in [-0.15, -0.1) is 0 Å². The Labute approximate surface area is 92.2 Å². The fraction of sp³-hybridized carbons (Fsp3) is 0.538. The van der Waals surface area contributed by atoms with Gasteiger partial charge in [0.2, 0.25) is 0 Å². The number of aryl methyl sites for hydroxylation is 1. The van der Waals surface area contributed by atoms with Crippen molar-refractivity contribution >= 4 is 0 Å². The summed E-state index contributed by atoms with van der Waals surface area (Å²) in [5, 5.41) is 0. The third-order valence-corrected chi connectivity index (χ3v) is 2.59. The van der Waals surface area contributed by atoms with Gasteiger partial charge >= 0.3 is 0 Å². The molecule has 1 rings (SSSR count). The number of rotatable bonds is 4. The Bertz CT molecular complexity index is 304. The van der Waals surface area contributed by atoms with Crippen LogP contribution in [-0.2, 0) is 6.42 Å². The van der Waals surface area contributed by atoms with E-state index in [1.165, 1.54) is 5.56 Å². The van der Waals surface area contributed by atoms with Crippen LogP contribution in [0.5, 0.6) is 11.5 Å². The lowest BCUT2D eigenvalue weighted by Crippen LogP contribution is -2.00. The van der Waals surface area contributed by atoms with Crippen molar-refractivity contribution < 1.29 is 9.47 Å². The van der Waals surface area contributed by atoms with Crippen molar-refractivity contribution in [3.8, 4) is 11.5 Å². The van der Waals surface area contributed by atoms with Gasteiger partial charge in [-0.05, 0) is 30.0 Å². The van der Waals surface area contributed by atoms with E-state index >= 15 is 0 Å². The second-order valence-corrected chi connectivity index (χ2v) is 3.92. The maximum atomic E-state index is 5.41. The molecule has 0 fully saturated rings. The Kier molecular flexibility index (Phi) is 4.01. The zero-order chi connectivity index (χ0) is 11.4. The molecule has 1 aromatic rings. The molecule has 15 heavy (non-hydrogen) atoms. The van der Waals surface area contributed by atoms with Gasteiger partial charge in [-0.2, -0.15) is 0 Å². The van der Waals surface area contributed by atoms with Crippen molar-refractivity contribution in [1.29, 1.82) is 0 Å². The zero-order valence-electron chi connectivity index (χ0n) is 10.3. The predicted octanol–water partition coefficient (Wildman–Crippen LogP) is 3.39. The zero-order valence-corrected chi connectivity index (χ0v) is 10.3. The summed E-state index contributed by atoms with van der Waals surface area (Å²) in [4.78, 5) is 0. The minimum atomic E-state index is 0.404. The SMILES string of the molecule is CCc1cc(OC)c(C(C)C)c(OC)c1. The maximum absolute atomic E-state index is 5.41. The molecule has 0 bridgehead atoms. The van der Waals surface area contributed by atoms with Gasteiger partial charge < -0.3 is 9.47 Å². The van der Waals surface area contributed by atoms with Crippen LogP contribution < -0.4 is 9.47 Å². The van der Waals surface area contributed by atoms with E-state index in [-0.39, 0.29) is 0 Å². The van der Waals surface area contributed by atoms with Crippen LogP contribution in [0.3, 0.4) is 0 Å². The number of ether oxygens (including phenoxy) is 2. The third kappa shape index (κ3) is 2.44. The maximum Gasteiger partial charge on any atom is 0.126 e. The van der Waals surface area contributed by atoms with Gasteiger partial charge in [-0.3, -0.25) is 0 Å². The molecule has 0 unspecified atom stereocenters. The highest BCUT2D eigenvalue weighted by Crippen LogP contribution is 2.36. The monoisotopic (exact) mass is 208 g/mol. The molecular formula is C13H20O2. The fourth-order valence-electron chi connectivity index (χ4n) is 1.77. The highest BCUT2D eigenvalue weighted by atomic mass is 16.5. The number of hydrogen-bond donors (Lipinski definition) is 0. The summed E-state index contributed by atoms with van der Waals surface area (Å²) in [6, 6.07) is 4.19. The molecule has 0 aliphatic carbocycles. The molecule has 0 saturated carbocycles. The molecule has 0 heterocycles. The first-order valence-corrected chi connectivity index (χ1v) is 5.38. The molecule has 2 heteroatoms. The lowest BCUT2D eigenvalue weighted by molar-refractivity contribution is 0.381. The van der Waals surface area contributed by atoms with Crippen molar-refractivity contribution in [3.05, 3.63) is 23.3 Å². The first kappa shape index (κ1) is 11.9. The van der Waals surface area contributed by atoms with Crippen LogP contribution in [0.25, 0.3) is 0 Å². The standard InChI is InChI=1S/C13H20O2/c1-6-10-7-11(14-4)13(9(2)3)12(8-10)15-5/h7-9H,6H2,1-5H3. The third-order valence-electron chi connectivity index (χ3n) is 2.59. The largest absolute Gasteiger partial charge is 0.496 e. The summed E-state index contributed by atoms with van der Waals surface area (Å²) in [6.45, 7) is 6.42. The van der Waals surface area contributed by atoms with Gasteiger partial charge in [-0.25, -0.2) is 0 Å². The van der Waals surface area contributed by atoms with Gasteiger partial charge in [0.15, 0.2) is 0 Å². The lowest BCUT2D eigenvalue weighted by atomic mass is 9.98. The van der Waals surface area contributed by atoms with E-state index < -0.39 is 0 Å². The van der Waals surface area contributed by atoms with Crippen LogP contribution in [-0.4, -0.2) is 14.2 Å². The summed E-state index contributed by atoms with van der Waals surface area (Å²) in [5.41, 5.74) is 2.39.